The van der Waals surface area contributed by atoms with E-state index in [9.17, 15) is 10.1 Å². The molecule has 0 amide bonds. The molecule has 4 heteroatoms. The van der Waals surface area contributed by atoms with Gasteiger partial charge in [0, 0.05) is 6.61 Å². The van der Waals surface area contributed by atoms with Crippen LogP contribution in [0.4, 0.5) is 0 Å². The number of nitrogens with zero attached hydrogens (tertiary/aromatic N) is 1. The summed E-state index contributed by atoms with van der Waals surface area (Å²) in [5.41, 5.74) is 1.38. The molecule has 0 spiro atoms. The van der Waals surface area contributed by atoms with Crippen molar-refractivity contribution in [2.75, 3.05) is 19.8 Å². The lowest BCUT2D eigenvalue weighted by atomic mass is 9.80. The monoisotopic (exact) mass is 301 g/mol. The van der Waals surface area contributed by atoms with Crippen LogP contribution in [0.3, 0.4) is 0 Å². The zero-order valence-electron chi connectivity index (χ0n) is 13.3. The van der Waals surface area contributed by atoms with Gasteiger partial charge in [-0.05, 0) is 30.9 Å². The molecule has 4 nitrogen and oxygen atoms in total. The third-order valence-corrected chi connectivity index (χ3v) is 4.25. The highest BCUT2D eigenvalue weighted by Gasteiger charge is 2.37. The summed E-state index contributed by atoms with van der Waals surface area (Å²) >= 11 is 0. The highest BCUT2D eigenvalue weighted by molar-refractivity contribution is 5.78. The zero-order chi connectivity index (χ0) is 16.0. The molecule has 1 fully saturated rings. The van der Waals surface area contributed by atoms with Gasteiger partial charge in [0.25, 0.3) is 0 Å². The van der Waals surface area contributed by atoms with Crippen LogP contribution in [0.2, 0.25) is 0 Å². The average molecular weight is 301 g/mol. The van der Waals surface area contributed by atoms with Crippen molar-refractivity contribution in [3.8, 4) is 6.07 Å². The lowest BCUT2D eigenvalue weighted by Crippen LogP contribution is -2.24. The van der Waals surface area contributed by atoms with Gasteiger partial charge >= 0.3 is 5.97 Å². The molecule has 0 radical (unpaired) electrons. The van der Waals surface area contributed by atoms with E-state index in [4.69, 9.17) is 9.47 Å². The lowest BCUT2D eigenvalue weighted by molar-refractivity contribution is -0.145. The Morgan fingerprint density at radius 2 is 2.14 bits per heavy atom. The number of carbonyl (C=O) groups is 1. The van der Waals surface area contributed by atoms with Gasteiger partial charge in [0.05, 0.1) is 25.2 Å². The number of rotatable bonds is 6. The van der Waals surface area contributed by atoms with E-state index in [1.54, 1.807) is 0 Å². The lowest BCUT2D eigenvalue weighted by Gasteiger charge is -2.20. The van der Waals surface area contributed by atoms with E-state index in [0.29, 0.717) is 19.8 Å². The fourth-order valence-corrected chi connectivity index (χ4v) is 2.93. The number of esters is 1. The molecule has 1 aliphatic heterocycles. The Kier molecular flexibility index (Phi) is 5.57. The molecule has 0 saturated carbocycles. The molecule has 2 atom stereocenters. The molecule has 1 saturated heterocycles. The van der Waals surface area contributed by atoms with Gasteiger partial charge in [-0.3, -0.25) is 4.79 Å². The number of nitriles is 1. The molecule has 2 rings (SSSR count). The number of benzene rings is 1. The molecule has 1 heterocycles. The van der Waals surface area contributed by atoms with Crippen LogP contribution >= 0.6 is 0 Å². The third kappa shape index (κ3) is 3.31. The zero-order valence-corrected chi connectivity index (χ0v) is 13.3. The minimum absolute atomic E-state index is 0.170. The van der Waals surface area contributed by atoms with Crippen molar-refractivity contribution in [2.24, 2.45) is 0 Å². The predicted molar refractivity (Wildman–Crippen MR) is 83.5 cm³/mol. The SMILES string of the molecule is CCCC(C(=O)OCC)c1ccc(C2(C#N)CCOC2)cc1. The number of carbonyl (C=O) groups excluding carboxylic acids is 1. The third-order valence-electron chi connectivity index (χ3n) is 4.25. The first kappa shape index (κ1) is 16.5. The molecule has 1 aliphatic rings. The Hall–Kier alpha value is -1.86. The van der Waals surface area contributed by atoms with E-state index in [0.717, 1.165) is 30.4 Å². The molecule has 22 heavy (non-hydrogen) atoms. The Labute approximate surface area is 132 Å². The topological polar surface area (TPSA) is 59.3 Å². The van der Waals surface area contributed by atoms with Crippen molar-refractivity contribution in [1.82, 2.24) is 0 Å². The van der Waals surface area contributed by atoms with Crippen molar-refractivity contribution in [3.63, 3.8) is 0 Å². The molecule has 1 aromatic rings. The van der Waals surface area contributed by atoms with E-state index in [1.165, 1.54) is 0 Å². The molecule has 0 N–H and O–H groups in total. The largest absolute Gasteiger partial charge is 0.466 e. The van der Waals surface area contributed by atoms with Gasteiger partial charge in [0.1, 0.15) is 5.41 Å². The maximum absolute atomic E-state index is 12.1. The quantitative estimate of drug-likeness (QED) is 0.756. The van der Waals surface area contributed by atoms with Crippen LogP contribution in [0.1, 0.15) is 50.2 Å². The fraction of sp³-hybridized carbons (Fsp3) is 0.556. The van der Waals surface area contributed by atoms with Crippen LogP contribution < -0.4 is 0 Å². The normalized spacial score (nSPS) is 22.0. The van der Waals surface area contributed by atoms with Gasteiger partial charge in [0.2, 0.25) is 0 Å². The van der Waals surface area contributed by atoms with Crippen LogP contribution in [0.5, 0.6) is 0 Å². The fourth-order valence-electron chi connectivity index (χ4n) is 2.93. The second-order valence-corrected chi connectivity index (χ2v) is 5.71. The molecule has 1 aromatic carbocycles. The van der Waals surface area contributed by atoms with Gasteiger partial charge in [-0.1, -0.05) is 37.6 Å². The van der Waals surface area contributed by atoms with Crippen LogP contribution in [0, 0.1) is 11.3 Å². The van der Waals surface area contributed by atoms with Gasteiger partial charge in [-0.25, -0.2) is 0 Å². The van der Waals surface area contributed by atoms with Crippen molar-refractivity contribution in [3.05, 3.63) is 35.4 Å². The molecule has 0 aliphatic carbocycles. The number of hydrogen-bond acceptors (Lipinski definition) is 4. The summed E-state index contributed by atoms with van der Waals surface area (Å²) in [6.45, 7) is 5.34. The molecular weight excluding hydrogens is 278 g/mol. The van der Waals surface area contributed by atoms with Gasteiger partial charge in [0.15, 0.2) is 0 Å². The van der Waals surface area contributed by atoms with Gasteiger partial charge in [-0.2, -0.15) is 5.26 Å². The van der Waals surface area contributed by atoms with Crippen LogP contribution in [0.25, 0.3) is 0 Å². The summed E-state index contributed by atoms with van der Waals surface area (Å²) in [5, 5.41) is 9.49. The maximum atomic E-state index is 12.1. The van der Waals surface area contributed by atoms with E-state index in [-0.39, 0.29) is 11.9 Å². The molecule has 118 valence electrons. The maximum Gasteiger partial charge on any atom is 0.313 e. The Morgan fingerprint density at radius 3 is 2.64 bits per heavy atom. The van der Waals surface area contributed by atoms with Crippen LogP contribution in [-0.4, -0.2) is 25.8 Å². The van der Waals surface area contributed by atoms with Crippen molar-refractivity contribution >= 4 is 5.97 Å². The molecule has 2 unspecified atom stereocenters. The number of hydrogen-bond donors (Lipinski definition) is 0. The minimum Gasteiger partial charge on any atom is -0.466 e. The minimum atomic E-state index is -0.539. The Bertz CT molecular complexity index is 538. The van der Waals surface area contributed by atoms with E-state index < -0.39 is 5.41 Å². The average Bonchev–Trinajstić information content (AvgIpc) is 3.03. The van der Waals surface area contributed by atoms with Gasteiger partial charge < -0.3 is 9.47 Å². The standard InChI is InChI=1S/C18H23NO3/c1-3-5-16(17(20)22-4-2)14-6-8-15(9-7-14)18(12-19)10-11-21-13-18/h6-9,16H,3-5,10-11,13H2,1-2H3. The van der Waals surface area contributed by atoms with E-state index in [2.05, 4.69) is 13.0 Å². The highest BCUT2D eigenvalue weighted by atomic mass is 16.5. The summed E-state index contributed by atoms with van der Waals surface area (Å²) in [6.07, 6.45) is 2.41. The Balaban J connectivity index is 2.22. The summed E-state index contributed by atoms with van der Waals surface area (Å²) in [4.78, 5) is 12.1. The second kappa shape index (κ2) is 7.42. The summed E-state index contributed by atoms with van der Waals surface area (Å²) < 4.78 is 10.6. The van der Waals surface area contributed by atoms with E-state index in [1.807, 2.05) is 31.2 Å². The van der Waals surface area contributed by atoms with Crippen molar-refractivity contribution < 1.29 is 14.3 Å². The van der Waals surface area contributed by atoms with Crippen molar-refractivity contribution in [2.45, 2.75) is 44.4 Å². The molecule has 0 aromatic heterocycles. The first-order chi connectivity index (χ1) is 10.7. The predicted octanol–water partition coefficient (Wildman–Crippen LogP) is 3.32. The van der Waals surface area contributed by atoms with Crippen LogP contribution in [-0.2, 0) is 19.7 Å². The first-order valence-electron chi connectivity index (χ1n) is 7.93. The molecule has 0 bridgehead atoms. The molecular formula is C18H23NO3. The first-order valence-corrected chi connectivity index (χ1v) is 7.93. The van der Waals surface area contributed by atoms with Crippen molar-refractivity contribution in [1.29, 1.82) is 5.26 Å². The van der Waals surface area contributed by atoms with Gasteiger partial charge in [-0.15, -0.1) is 0 Å². The summed E-state index contributed by atoms with van der Waals surface area (Å²) in [7, 11) is 0. The number of ether oxygens (including phenoxy) is 2. The Morgan fingerprint density at radius 1 is 1.41 bits per heavy atom. The smallest absolute Gasteiger partial charge is 0.313 e. The summed E-state index contributed by atoms with van der Waals surface area (Å²) in [6, 6.07) is 10.2. The van der Waals surface area contributed by atoms with Crippen LogP contribution in [0.15, 0.2) is 24.3 Å². The second-order valence-electron chi connectivity index (χ2n) is 5.71. The van der Waals surface area contributed by atoms with E-state index >= 15 is 0 Å². The highest BCUT2D eigenvalue weighted by Crippen LogP contribution is 2.34. The summed E-state index contributed by atoms with van der Waals surface area (Å²) in [5.74, 6) is -0.395.